The maximum absolute atomic E-state index is 11.5. The molecule has 1 aromatic carbocycles. The maximum atomic E-state index is 11.5. The quantitative estimate of drug-likeness (QED) is 0.434. The summed E-state index contributed by atoms with van der Waals surface area (Å²) >= 11 is 0. The van der Waals surface area contributed by atoms with E-state index >= 15 is 0 Å². The molecule has 0 aliphatic rings. The van der Waals surface area contributed by atoms with E-state index in [1.54, 1.807) is 0 Å². The number of rotatable bonds is 7. The van der Waals surface area contributed by atoms with E-state index in [9.17, 15) is 4.79 Å². The average Bonchev–Trinajstić information content (AvgIpc) is 2.37. The monoisotopic (exact) mass is 255 g/mol. The van der Waals surface area contributed by atoms with Gasteiger partial charge in [-0.2, -0.15) is 0 Å². The number of esters is 1. The van der Waals surface area contributed by atoms with Gasteiger partial charge in [-0.05, 0) is 18.1 Å². The van der Waals surface area contributed by atoms with Crippen molar-refractivity contribution in [2.45, 2.75) is 19.1 Å². The van der Waals surface area contributed by atoms with E-state index in [4.69, 9.17) is 15.6 Å². The van der Waals surface area contributed by atoms with Gasteiger partial charge in [0.2, 0.25) is 0 Å². The highest BCUT2D eigenvalue weighted by Gasteiger charge is 2.14. The largest absolute Gasteiger partial charge is 0.460 e. The van der Waals surface area contributed by atoms with Crippen LogP contribution in [-0.2, 0) is 16.1 Å². The van der Waals surface area contributed by atoms with E-state index in [2.05, 4.69) is 0 Å². The highest BCUT2D eigenvalue weighted by atomic mass is 31.1. The van der Waals surface area contributed by atoms with Crippen LogP contribution in [0.4, 0.5) is 0 Å². The summed E-state index contributed by atoms with van der Waals surface area (Å²) in [5.41, 5.74) is 6.62. The minimum atomic E-state index is -0.585. The van der Waals surface area contributed by atoms with Gasteiger partial charge >= 0.3 is 5.97 Å². The third-order valence-electron chi connectivity index (χ3n) is 2.27. The first-order chi connectivity index (χ1) is 8.24. The molecular weight excluding hydrogens is 237 g/mol. The number of aliphatic hydroxyl groups excluding tert-OH is 1. The van der Waals surface area contributed by atoms with Crippen molar-refractivity contribution in [2.24, 2.45) is 5.73 Å². The lowest BCUT2D eigenvalue weighted by Gasteiger charge is -2.11. The second-order valence-corrected chi connectivity index (χ2v) is 4.96. The van der Waals surface area contributed by atoms with Gasteiger partial charge in [0.1, 0.15) is 12.6 Å². The van der Waals surface area contributed by atoms with E-state index in [0.717, 1.165) is 11.7 Å². The Hall–Kier alpha value is -0.960. The molecule has 17 heavy (non-hydrogen) atoms. The van der Waals surface area contributed by atoms with Gasteiger partial charge in [-0.25, -0.2) is 0 Å². The minimum absolute atomic E-state index is 0.159. The molecule has 0 fully saturated rings. The SMILES string of the molecule is NC(CCPCO)C(=O)OCc1ccccc1. The van der Waals surface area contributed by atoms with Crippen LogP contribution >= 0.6 is 8.58 Å². The molecule has 2 atom stereocenters. The Morgan fingerprint density at radius 3 is 2.76 bits per heavy atom. The summed E-state index contributed by atoms with van der Waals surface area (Å²) in [5.74, 6) is -0.378. The Bertz CT molecular complexity index is 332. The van der Waals surface area contributed by atoms with Gasteiger partial charge in [-0.15, -0.1) is 0 Å². The summed E-state index contributed by atoms with van der Waals surface area (Å²) in [6, 6.07) is 8.90. The van der Waals surface area contributed by atoms with Crippen LogP contribution in [0.3, 0.4) is 0 Å². The second-order valence-electron chi connectivity index (χ2n) is 3.65. The van der Waals surface area contributed by atoms with Gasteiger partial charge in [0.05, 0.1) is 6.35 Å². The molecule has 2 unspecified atom stereocenters. The molecule has 0 radical (unpaired) electrons. The second kappa shape index (κ2) is 8.18. The maximum Gasteiger partial charge on any atom is 0.323 e. The van der Waals surface area contributed by atoms with E-state index in [0.29, 0.717) is 15.0 Å². The van der Waals surface area contributed by atoms with Crippen molar-refractivity contribution in [1.82, 2.24) is 0 Å². The fourth-order valence-electron chi connectivity index (χ4n) is 1.29. The topological polar surface area (TPSA) is 72.5 Å². The average molecular weight is 255 g/mol. The minimum Gasteiger partial charge on any atom is -0.460 e. The Morgan fingerprint density at radius 1 is 1.41 bits per heavy atom. The first-order valence-corrected chi connectivity index (χ1v) is 6.93. The number of carbonyl (C=O) groups is 1. The molecule has 0 aliphatic carbocycles. The van der Waals surface area contributed by atoms with Gasteiger partial charge in [-0.1, -0.05) is 38.9 Å². The van der Waals surface area contributed by atoms with Crippen molar-refractivity contribution in [1.29, 1.82) is 0 Å². The van der Waals surface area contributed by atoms with Crippen molar-refractivity contribution < 1.29 is 14.6 Å². The van der Waals surface area contributed by atoms with Crippen LogP contribution in [-0.4, -0.2) is 29.6 Å². The lowest BCUT2D eigenvalue weighted by molar-refractivity contribution is -0.146. The molecule has 1 rings (SSSR count). The third kappa shape index (κ3) is 5.78. The van der Waals surface area contributed by atoms with Crippen LogP contribution in [0, 0.1) is 0 Å². The molecule has 1 aromatic rings. The number of hydrogen-bond donors (Lipinski definition) is 2. The number of aliphatic hydroxyl groups is 1. The zero-order chi connectivity index (χ0) is 12.5. The summed E-state index contributed by atoms with van der Waals surface area (Å²) in [6.45, 7) is 0.260. The normalized spacial score (nSPS) is 12.8. The Morgan fingerprint density at radius 2 is 2.12 bits per heavy atom. The predicted octanol–water partition coefficient (Wildman–Crippen LogP) is 1.08. The van der Waals surface area contributed by atoms with E-state index in [-0.39, 0.29) is 18.9 Å². The van der Waals surface area contributed by atoms with Gasteiger partial charge in [0.25, 0.3) is 0 Å². The van der Waals surface area contributed by atoms with Crippen molar-refractivity contribution >= 4 is 14.6 Å². The fraction of sp³-hybridized carbons (Fsp3) is 0.417. The number of carbonyl (C=O) groups excluding carboxylic acids is 1. The molecule has 0 saturated heterocycles. The molecule has 0 aromatic heterocycles. The van der Waals surface area contributed by atoms with Crippen LogP contribution in [0.15, 0.2) is 30.3 Å². The molecule has 0 aliphatic heterocycles. The third-order valence-corrected chi connectivity index (χ3v) is 3.14. The molecule has 0 spiro atoms. The van der Waals surface area contributed by atoms with Gasteiger partial charge in [-0.3, -0.25) is 4.79 Å². The highest BCUT2D eigenvalue weighted by molar-refractivity contribution is 7.37. The van der Waals surface area contributed by atoms with E-state index in [1.165, 1.54) is 0 Å². The van der Waals surface area contributed by atoms with Crippen LogP contribution < -0.4 is 5.73 Å². The molecular formula is C12H18NO3P. The molecule has 3 N–H and O–H groups in total. The van der Waals surface area contributed by atoms with E-state index < -0.39 is 6.04 Å². The zero-order valence-corrected chi connectivity index (χ0v) is 10.6. The standard InChI is InChI=1S/C12H18NO3P/c13-11(6-7-17-9-14)12(15)16-8-10-4-2-1-3-5-10/h1-5,11,14,17H,6-9,13H2. The van der Waals surface area contributed by atoms with Crippen molar-refractivity contribution in [3.8, 4) is 0 Å². The number of nitrogens with two attached hydrogens (primary N) is 1. The van der Waals surface area contributed by atoms with Crippen molar-refractivity contribution in [2.75, 3.05) is 12.5 Å². The summed E-state index contributed by atoms with van der Waals surface area (Å²) in [4.78, 5) is 11.5. The van der Waals surface area contributed by atoms with Crippen LogP contribution in [0.5, 0.6) is 0 Å². The predicted molar refractivity (Wildman–Crippen MR) is 69.1 cm³/mol. The van der Waals surface area contributed by atoms with E-state index in [1.807, 2.05) is 30.3 Å². The zero-order valence-electron chi connectivity index (χ0n) is 9.63. The first-order valence-electron chi connectivity index (χ1n) is 5.51. The fourth-order valence-corrected chi connectivity index (χ4v) is 1.96. The lowest BCUT2D eigenvalue weighted by Crippen LogP contribution is -2.32. The summed E-state index contributed by atoms with van der Waals surface area (Å²) < 4.78 is 5.10. The van der Waals surface area contributed by atoms with Crippen LogP contribution in [0.2, 0.25) is 0 Å². The van der Waals surface area contributed by atoms with Gasteiger partial charge < -0.3 is 15.6 Å². The van der Waals surface area contributed by atoms with Crippen molar-refractivity contribution in [3.63, 3.8) is 0 Å². The molecule has 0 bridgehead atoms. The molecule has 0 saturated carbocycles. The molecule has 94 valence electrons. The van der Waals surface area contributed by atoms with Gasteiger partial charge in [0.15, 0.2) is 0 Å². The summed E-state index contributed by atoms with van der Waals surface area (Å²) in [5, 5.41) is 8.63. The smallest absolute Gasteiger partial charge is 0.323 e. The summed E-state index contributed by atoms with van der Waals surface area (Å²) in [6.07, 6.45) is 1.48. The van der Waals surface area contributed by atoms with Crippen LogP contribution in [0.25, 0.3) is 0 Å². The molecule has 5 heteroatoms. The number of ether oxygens (including phenoxy) is 1. The summed E-state index contributed by atoms with van der Waals surface area (Å²) in [7, 11) is 0.443. The lowest BCUT2D eigenvalue weighted by atomic mass is 10.2. The number of hydrogen-bond acceptors (Lipinski definition) is 4. The highest BCUT2D eigenvalue weighted by Crippen LogP contribution is 2.10. The van der Waals surface area contributed by atoms with Crippen LogP contribution in [0.1, 0.15) is 12.0 Å². The Kier molecular flexibility index (Phi) is 6.78. The Labute approximate surface area is 103 Å². The first kappa shape index (κ1) is 14.1. The molecule has 0 amide bonds. The number of benzene rings is 1. The molecule has 4 nitrogen and oxygen atoms in total. The molecule has 0 heterocycles. The van der Waals surface area contributed by atoms with Crippen molar-refractivity contribution in [3.05, 3.63) is 35.9 Å². The van der Waals surface area contributed by atoms with Gasteiger partial charge in [0, 0.05) is 0 Å². The Balaban J connectivity index is 2.24.